The van der Waals surface area contributed by atoms with Gasteiger partial charge in [-0.15, -0.1) is 0 Å². The molecule has 1 saturated carbocycles. The van der Waals surface area contributed by atoms with Gasteiger partial charge in [-0.2, -0.15) is 8.42 Å². The molecule has 1 aliphatic carbocycles. The van der Waals surface area contributed by atoms with Gasteiger partial charge in [-0.3, -0.25) is 14.1 Å². The Bertz CT molecular complexity index is 1140. The van der Waals surface area contributed by atoms with Crippen molar-refractivity contribution in [1.29, 1.82) is 0 Å². The monoisotopic (exact) mass is 571 g/mol. The fraction of sp³-hybridized carbons (Fsp3) is 0.654. The summed E-state index contributed by atoms with van der Waals surface area (Å²) in [6, 6.07) is 3.41. The van der Waals surface area contributed by atoms with Crippen LogP contribution in [0.4, 0.5) is 9.18 Å². The van der Waals surface area contributed by atoms with E-state index in [1.807, 2.05) is 13.8 Å². The number of benzene rings is 1. The molecule has 11 nitrogen and oxygen atoms in total. The first-order chi connectivity index (χ1) is 18.3. The van der Waals surface area contributed by atoms with Crippen molar-refractivity contribution in [2.45, 2.75) is 88.3 Å². The number of halogens is 1. The van der Waals surface area contributed by atoms with Crippen LogP contribution in [0.25, 0.3) is 0 Å². The van der Waals surface area contributed by atoms with Crippen molar-refractivity contribution >= 4 is 28.0 Å². The molecule has 5 N–H and O–H groups in total. The summed E-state index contributed by atoms with van der Waals surface area (Å²) in [5.74, 6) is -2.28. The third-order valence-electron chi connectivity index (χ3n) is 7.23. The van der Waals surface area contributed by atoms with Gasteiger partial charge in [-0.25, -0.2) is 9.18 Å². The molecule has 218 valence electrons. The van der Waals surface area contributed by atoms with E-state index in [1.165, 1.54) is 12.1 Å². The molecular formula is C26H38FN3O8S. The highest BCUT2D eigenvalue weighted by molar-refractivity contribution is 7.86. The van der Waals surface area contributed by atoms with Gasteiger partial charge in [0.2, 0.25) is 17.3 Å². The summed E-state index contributed by atoms with van der Waals surface area (Å²) in [4.78, 5) is 38.3. The summed E-state index contributed by atoms with van der Waals surface area (Å²) < 4.78 is 52.4. The average Bonchev–Trinajstić information content (AvgIpc) is 3.45. The van der Waals surface area contributed by atoms with Crippen LogP contribution in [-0.4, -0.2) is 65.7 Å². The van der Waals surface area contributed by atoms with Gasteiger partial charge in [0, 0.05) is 18.9 Å². The summed E-state index contributed by atoms with van der Waals surface area (Å²) in [5.41, 5.74) is -2.55. The molecular weight excluding hydrogens is 533 g/mol. The van der Waals surface area contributed by atoms with Gasteiger partial charge in [0.1, 0.15) is 17.5 Å². The van der Waals surface area contributed by atoms with Crippen LogP contribution in [0, 0.1) is 17.7 Å². The van der Waals surface area contributed by atoms with Crippen molar-refractivity contribution in [2.24, 2.45) is 11.8 Å². The van der Waals surface area contributed by atoms with Crippen molar-refractivity contribution in [3.05, 3.63) is 35.6 Å². The predicted octanol–water partition coefficient (Wildman–Crippen LogP) is 2.04. The number of aliphatic hydroxyl groups excluding tert-OH is 1. The number of amides is 3. The van der Waals surface area contributed by atoms with E-state index in [2.05, 4.69) is 16.0 Å². The second-order valence-corrected chi connectivity index (χ2v) is 12.5. The first-order valence-corrected chi connectivity index (χ1v) is 14.7. The SMILES string of the molecule is CC(C)C[C@H](NC(=O)OC1(Cc2cccc(F)c2)CCCC1)C(=O)N[C@@H](C[C@@H]1CCNC1=O)C(O)S(=O)(=O)O. The van der Waals surface area contributed by atoms with Crippen LogP contribution in [0.1, 0.15) is 64.4 Å². The van der Waals surface area contributed by atoms with Crippen LogP contribution in [0.2, 0.25) is 0 Å². The number of aliphatic hydroxyl groups is 1. The smallest absolute Gasteiger partial charge is 0.408 e. The van der Waals surface area contributed by atoms with E-state index in [0.717, 1.165) is 12.8 Å². The second-order valence-electron chi connectivity index (χ2n) is 10.9. The van der Waals surface area contributed by atoms with Crippen LogP contribution < -0.4 is 16.0 Å². The first-order valence-electron chi connectivity index (χ1n) is 13.2. The number of alkyl carbamates (subject to hydrolysis) is 1. The highest BCUT2D eigenvalue weighted by atomic mass is 32.2. The maximum absolute atomic E-state index is 13.7. The molecule has 2 aliphatic rings. The van der Waals surface area contributed by atoms with E-state index >= 15 is 0 Å². The van der Waals surface area contributed by atoms with Gasteiger partial charge in [-0.1, -0.05) is 26.0 Å². The van der Waals surface area contributed by atoms with Crippen LogP contribution in [-0.2, 0) is 30.9 Å². The maximum Gasteiger partial charge on any atom is 0.408 e. The largest absolute Gasteiger partial charge is 0.443 e. The Morgan fingerprint density at radius 3 is 2.49 bits per heavy atom. The van der Waals surface area contributed by atoms with Crippen LogP contribution in [0.5, 0.6) is 0 Å². The van der Waals surface area contributed by atoms with Crippen molar-refractivity contribution in [2.75, 3.05) is 6.54 Å². The Kier molecular flexibility index (Phi) is 10.3. The number of hydrogen-bond acceptors (Lipinski definition) is 7. The summed E-state index contributed by atoms with van der Waals surface area (Å²) in [6.45, 7) is 4.01. The van der Waals surface area contributed by atoms with Crippen LogP contribution in [0.3, 0.4) is 0 Å². The third kappa shape index (κ3) is 8.87. The minimum Gasteiger partial charge on any atom is -0.443 e. The third-order valence-corrected chi connectivity index (χ3v) is 8.17. The summed E-state index contributed by atoms with van der Waals surface area (Å²) in [6.07, 6.45) is 2.56. The Morgan fingerprint density at radius 2 is 1.92 bits per heavy atom. The quantitative estimate of drug-likeness (QED) is 0.237. The zero-order chi connectivity index (χ0) is 28.8. The first kappa shape index (κ1) is 30.8. The van der Waals surface area contributed by atoms with E-state index in [4.69, 9.17) is 4.74 Å². The topological polar surface area (TPSA) is 171 Å². The zero-order valence-electron chi connectivity index (χ0n) is 22.2. The predicted molar refractivity (Wildman–Crippen MR) is 139 cm³/mol. The van der Waals surface area contributed by atoms with Gasteiger partial charge in [0.15, 0.2) is 0 Å². The van der Waals surface area contributed by atoms with Gasteiger partial charge < -0.3 is 25.8 Å². The molecule has 3 amide bonds. The lowest BCUT2D eigenvalue weighted by molar-refractivity contribution is -0.126. The van der Waals surface area contributed by atoms with Gasteiger partial charge in [0.25, 0.3) is 10.1 Å². The zero-order valence-corrected chi connectivity index (χ0v) is 23.0. The minimum atomic E-state index is -4.96. The molecule has 0 radical (unpaired) electrons. The Hall–Kier alpha value is -2.77. The lowest BCUT2D eigenvalue weighted by Crippen LogP contribution is -2.55. The van der Waals surface area contributed by atoms with E-state index in [0.29, 0.717) is 37.8 Å². The lowest BCUT2D eigenvalue weighted by atomic mass is 9.92. The number of nitrogens with one attached hydrogen (secondary N) is 3. The van der Waals surface area contributed by atoms with Crippen molar-refractivity contribution in [3.63, 3.8) is 0 Å². The molecule has 39 heavy (non-hydrogen) atoms. The summed E-state index contributed by atoms with van der Waals surface area (Å²) in [5, 5.41) is 17.8. The lowest BCUT2D eigenvalue weighted by Gasteiger charge is -2.31. The van der Waals surface area contributed by atoms with E-state index < -0.39 is 57.0 Å². The number of hydrogen-bond donors (Lipinski definition) is 5. The molecule has 4 atom stereocenters. The van der Waals surface area contributed by atoms with Crippen molar-refractivity contribution in [3.8, 4) is 0 Å². The molecule has 0 aromatic heterocycles. The highest BCUT2D eigenvalue weighted by Gasteiger charge is 2.40. The second kappa shape index (κ2) is 13.1. The number of rotatable bonds is 12. The average molecular weight is 572 g/mol. The van der Waals surface area contributed by atoms with Gasteiger partial charge in [-0.05, 0) is 68.6 Å². The fourth-order valence-corrected chi connectivity index (χ4v) is 5.93. The fourth-order valence-electron chi connectivity index (χ4n) is 5.34. The molecule has 1 heterocycles. The van der Waals surface area contributed by atoms with Gasteiger partial charge >= 0.3 is 6.09 Å². The summed E-state index contributed by atoms with van der Waals surface area (Å²) >= 11 is 0. The molecule has 1 saturated heterocycles. The van der Waals surface area contributed by atoms with Crippen molar-refractivity contribution in [1.82, 2.24) is 16.0 Å². The number of ether oxygens (including phenoxy) is 1. The Labute approximate surface area is 228 Å². The molecule has 1 unspecified atom stereocenters. The molecule has 1 aromatic carbocycles. The summed E-state index contributed by atoms with van der Waals surface area (Å²) in [7, 11) is -4.96. The van der Waals surface area contributed by atoms with Crippen LogP contribution >= 0.6 is 0 Å². The molecule has 0 bridgehead atoms. The maximum atomic E-state index is 13.7. The Morgan fingerprint density at radius 1 is 1.23 bits per heavy atom. The molecule has 3 rings (SSSR count). The van der Waals surface area contributed by atoms with E-state index in [1.54, 1.807) is 12.1 Å². The molecule has 13 heteroatoms. The normalized spacial score (nSPS) is 21.2. The molecule has 2 fully saturated rings. The highest BCUT2D eigenvalue weighted by Crippen LogP contribution is 2.36. The molecule has 0 spiro atoms. The van der Waals surface area contributed by atoms with E-state index in [9.17, 15) is 36.9 Å². The Balaban J connectivity index is 1.73. The number of carbonyl (C=O) groups excluding carboxylic acids is 3. The van der Waals surface area contributed by atoms with E-state index in [-0.39, 0.29) is 24.7 Å². The number of carbonyl (C=O) groups is 3. The standard InChI is InChI=1S/C26H38FN3O8S/c1-16(2)12-20(23(32)29-21(24(33)39(35,36)37)14-18-8-11-28-22(18)31)30-25(34)38-26(9-3-4-10-26)15-17-6-5-7-19(27)13-17/h5-7,13,16,18,20-21,24,33H,3-4,8-12,14-15H2,1-2H3,(H,28,31)(H,29,32)(H,30,34)(H,35,36,37)/t18-,20-,21-,24?/m0/s1. The van der Waals surface area contributed by atoms with Crippen LogP contribution in [0.15, 0.2) is 24.3 Å². The molecule has 1 aliphatic heterocycles. The molecule has 1 aromatic rings. The van der Waals surface area contributed by atoms with Gasteiger partial charge in [0.05, 0.1) is 6.04 Å². The van der Waals surface area contributed by atoms with Crippen molar-refractivity contribution < 1.29 is 41.6 Å². The minimum absolute atomic E-state index is 0.0701.